The predicted octanol–water partition coefficient (Wildman–Crippen LogP) is 0.573. The number of aryl methyl sites for hydroxylation is 2. The summed E-state index contributed by atoms with van der Waals surface area (Å²) in [5, 5.41) is 3.35. The van der Waals surface area contributed by atoms with Gasteiger partial charge in [0.15, 0.2) is 0 Å². The maximum absolute atomic E-state index is 11.6. The highest BCUT2D eigenvalue weighted by Crippen LogP contribution is 1.92. The SMILES string of the molecule is CC(C)CNCCCCn1ccn(C)c(=O)c1=O. The minimum Gasteiger partial charge on any atom is -0.316 e. The van der Waals surface area contributed by atoms with E-state index in [1.807, 2.05) is 0 Å². The first kappa shape index (κ1) is 14.7. The molecule has 0 aromatic carbocycles. The number of aromatic nitrogens is 2. The molecule has 5 heteroatoms. The van der Waals surface area contributed by atoms with Gasteiger partial charge in [-0.15, -0.1) is 0 Å². The first-order valence-corrected chi connectivity index (χ1v) is 6.49. The van der Waals surface area contributed by atoms with Crippen LogP contribution in [0.3, 0.4) is 0 Å². The van der Waals surface area contributed by atoms with Crippen molar-refractivity contribution in [3.63, 3.8) is 0 Å². The Morgan fingerprint density at radius 1 is 1.17 bits per heavy atom. The molecule has 0 atom stereocenters. The highest BCUT2D eigenvalue weighted by atomic mass is 16.2. The van der Waals surface area contributed by atoms with Gasteiger partial charge in [0.1, 0.15) is 0 Å². The second-order valence-electron chi connectivity index (χ2n) is 5.02. The number of nitrogens with zero attached hydrogens (tertiary/aromatic N) is 2. The van der Waals surface area contributed by atoms with Crippen LogP contribution in [-0.4, -0.2) is 22.2 Å². The predicted molar refractivity (Wildman–Crippen MR) is 72.9 cm³/mol. The van der Waals surface area contributed by atoms with Crippen LogP contribution in [0.25, 0.3) is 0 Å². The second-order valence-corrected chi connectivity index (χ2v) is 5.02. The van der Waals surface area contributed by atoms with Gasteiger partial charge >= 0.3 is 11.1 Å². The van der Waals surface area contributed by atoms with Gasteiger partial charge in [0.05, 0.1) is 0 Å². The summed E-state index contributed by atoms with van der Waals surface area (Å²) >= 11 is 0. The van der Waals surface area contributed by atoms with Crippen LogP contribution < -0.4 is 16.4 Å². The molecule has 0 fully saturated rings. The highest BCUT2D eigenvalue weighted by molar-refractivity contribution is 4.84. The van der Waals surface area contributed by atoms with E-state index in [2.05, 4.69) is 19.2 Å². The first-order valence-electron chi connectivity index (χ1n) is 6.49. The average molecular weight is 253 g/mol. The van der Waals surface area contributed by atoms with E-state index in [-0.39, 0.29) is 0 Å². The van der Waals surface area contributed by atoms with Crippen molar-refractivity contribution >= 4 is 0 Å². The Hall–Kier alpha value is -1.36. The van der Waals surface area contributed by atoms with Crippen molar-refractivity contribution in [2.75, 3.05) is 13.1 Å². The third kappa shape index (κ3) is 4.49. The molecule has 1 aromatic heterocycles. The topological polar surface area (TPSA) is 56.0 Å². The molecule has 0 radical (unpaired) electrons. The largest absolute Gasteiger partial charge is 0.316 e. The first-order chi connectivity index (χ1) is 8.52. The van der Waals surface area contributed by atoms with Crippen LogP contribution in [0.4, 0.5) is 0 Å². The summed E-state index contributed by atoms with van der Waals surface area (Å²) in [4.78, 5) is 23.0. The van der Waals surface area contributed by atoms with E-state index in [1.54, 1.807) is 19.4 Å². The molecule has 0 aliphatic carbocycles. The lowest BCUT2D eigenvalue weighted by molar-refractivity contribution is 0.513. The Morgan fingerprint density at radius 3 is 2.56 bits per heavy atom. The molecule has 0 bridgehead atoms. The molecule has 0 saturated heterocycles. The van der Waals surface area contributed by atoms with E-state index in [9.17, 15) is 9.59 Å². The van der Waals surface area contributed by atoms with Crippen LogP contribution in [0.5, 0.6) is 0 Å². The Kier molecular flexibility index (Phi) is 5.85. The molecule has 18 heavy (non-hydrogen) atoms. The van der Waals surface area contributed by atoms with Crippen molar-refractivity contribution < 1.29 is 0 Å². The minimum absolute atomic E-state index is 0.435. The van der Waals surface area contributed by atoms with E-state index < -0.39 is 11.1 Å². The minimum atomic E-state index is -0.463. The molecular weight excluding hydrogens is 230 g/mol. The van der Waals surface area contributed by atoms with E-state index in [1.165, 1.54) is 9.13 Å². The lowest BCUT2D eigenvalue weighted by Gasteiger charge is -2.08. The summed E-state index contributed by atoms with van der Waals surface area (Å²) in [6.07, 6.45) is 5.21. The maximum atomic E-state index is 11.6. The van der Waals surface area contributed by atoms with Crippen LogP contribution in [0.1, 0.15) is 26.7 Å². The van der Waals surface area contributed by atoms with Crippen molar-refractivity contribution in [2.45, 2.75) is 33.2 Å². The molecule has 0 saturated carbocycles. The summed E-state index contributed by atoms with van der Waals surface area (Å²) in [6, 6.07) is 0. The molecule has 0 aliphatic rings. The van der Waals surface area contributed by atoms with Crippen LogP contribution >= 0.6 is 0 Å². The zero-order valence-corrected chi connectivity index (χ0v) is 11.5. The quantitative estimate of drug-likeness (QED) is 0.571. The fraction of sp³-hybridized carbons (Fsp3) is 0.692. The van der Waals surface area contributed by atoms with Gasteiger partial charge in [-0.3, -0.25) is 9.59 Å². The van der Waals surface area contributed by atoms with Crippen LogP contribution in [0.15, 0.2) is 22.0 Å². The third-order valence-corrected chi connectivity index (χ3v) is 2.79. The molecule has 1 N–H and O–H groups in total. The van der Waals surface area contributed by atoms with E-state index in [4.69, 9.17) is 0 Å². The summed E-state index contributed by atoms with van der Waals surface area (Å²) in [5.74, 6) is 0.657. The van der Waals surface area contributed by atoms with Crippen molar-refractivity contribution in [1.29, 1.82) is 0 Å². The van der Waals surface area contributed by atoms with Crippen molar-refractivity contribution in [3.8, 4) is 0 Å². The molecular formula is C13H23N3O2. The number of rotatable bonds is 7. The summed E-state index contributed by atoms with van der Waals surface area (Å²) in [7, 11) is 1.59. The van der Waals surface area contributed by atoms with E-state index >= 15 is 0 Å². The zero-order valence-electron chi connectivity index (χ0n) is 11.5. The maximum Gasteiger partial charge on any atom is 0.316 e. The van der Waals surface area contributed by atoms with Crippen LogP contribution in [-0.2, 0) is 13.6 Å². The van der Waals surface area contributed by atoms with Gasteiger partial charge in [-0.1, -0.05) is 13.8 Å². The molecule has 0 spiro atoms. The molecule has 0 amide bonds. The van der Waals surface area contributed by atoms with Gasteiger partial charge in [0, 0.05) is 26.0 Å². The van der Waals surface area contributed by atoms with Gasteiger partial charge in [-0.25, -0.2) is 0 Å². The summed E-state index contributed by atoms with van der Waals surface area (Å²) in [5.41, 5.74) is -0.898. The number of hydrogen-bond donors (Lipinski definition) is 1. The fourth-order valence-electron chi connectivity index (χ4n) is 1.69. The second kappa shape index (κ2) is 7.16. The van der Waals surface area contributed by atoms with Crippen molar-refractivity contribution in [1.82, 2.24) is 14.5 Å². The van der Waals surface area contributed by atoms with Crippen LogP contribution in [0, 0.1) is 5.92 Å². The van der Waals surface area contributed by atoms with E-state index in [0.717, 1.165) is 25.9 Å². The summed E-state index contributed by atoms with van der Waals surface area (Å²) in [6.45, 7) is 6.93. The van der Waals surface area contributed by atoms with Crippen LogP contribution in [0.2, 0.25) is 0 Å². The number of unbranched alkanes of at least 4 members (excludes halogenated alkanes) is 1. The van der Waals surface area contributed by atoms with Crippen molar-refractivity contribution in [3.05, 3.63) is 33.1 Å². The van der Waals surface area contributed by atoms with Gasteiger partial charge in [-0.05, 0) is 31.8 Å². The summed E-state index contributed by atoms with van der Waals surface area (Å²) < 4.78 is 2.80. The Balaban J connectivity index is 2.34. The number of nitrogens with one attached hydrogen (secondary N) is 1. The fourth-order valence-corrected chi connectivity index (χ4v) is 1.69. The molecule has 1 aromatic rings. The lowest BCUT2D eigenvalue weighted by atomic mass is 10.2. The molecule has 0 unspecified atom stereocenters. The molecule has 0 aliphatic heterocycles. The lowest BCUT2D eigenvalue weighted by Crippen LogP contribution is -2.39. The van der Waals surface area contributed by atoms with Gasteiger partial charge in [0.2, 0.25) is 0 Å². The third-order valence-electron chi connectivity index (χ3n) is 2.79. The molecule has 1 rings (SSSR count). The standard InChI is InChI=1S/C13H23N3O2/c1-11(2)10-14-6-4-5-7-16-9-8-15(3)12(17)13(16)18/h8-9,11,14H,4-7,10H2,1-3H3. The van der Waals surface area contributed by atoms with Crippen molar-refractivity contribution in [2.24, 2.45) is 13.0 Å². The molecule has 5 nitrogen and oxygen atoms in total. The average Bonchev–Trinajstić information content (AvgIpc) is 2.33. The van der Waals surface area contributed by atoms with Gasteiger partial charge in [-0.2, -0.15) is 0 Å². The van der Waals surface area contributed by atoms with Gasteiger partial charge in [0.25, 0.3) is 0 Å². The zero-order chi connectivity index (χ0) is 13.5. The van der Waals surface area contributed by atoms with E-state index in [0.29, 0.717) is 12.5 Å². The molecule has 102 valence electrons. The highest BCUT2D eigenvalue weighted by Gasteiger charge is 2.01. The Labute approximate surface area is 107 Å². The number of hydrogen-bond acceptors (Lipinski definition) is 3. The Morgan fingerprint density at radius 2 is 1.89 bits per heavy atom. The smallest absolute Gasteiger partial charge is 0.316 e. The molecule has 1 heterocycles. The monoisotopic (exact) mass is 253 g/mol. The van der Waals surface area contributed by atoms with Gasteiger partial charge < -0.3 is 14.5 Å². The Bertz CT molecular complexity index is 474. The normalized spacial score (nSPS) is 11.1.